The van der Waals surface area contributed by atoms with E-state index in [4.69, 9.17) is 0 Å². The van der Waals surface area contributed by atoms with E-state index < -0.39 is 28.8 Å². The van der Waals surface area contributed by atoms with Crippen LogP contribution in [0.4, 0.5) is 5.69 Å². The maximum Gasteiger partial charge on any atom is 0.265 e. The van der Waals surface area contributed by atoms with Gasteiger partial charge in [-0.05, 0) is 50.2 Å². The summed E-state index contributed by atoms with van der Waals surface area (Å²) in [5.74, 6) is 0. The lowest BCUT2D eigenvalue weighted by Gasteiger charge is -2.37. The van der Waals surface area contributed by atoms with Gasteiger partial charge in [0, 0.05) is 25.5 Å². The first-order valence-electron chi connectivity index (χ1n) is 10.6. The molecule has 1 aromatic carbocycles. The van der Waals surface area contributed by atoms with Gasteiger partial charge < -0.3 is 4.57 Å². The number of anilines is 1. The van der Waals surface area contributed by atoms with Crippen LogP contribution < -0.4 is 9.86 Å². The first-order chi connectivity index (χ1) is 16.4. The Hall–Kier alpha value is -2.71. The molecule has 0 radical (unpaired) electrons. The van der Waals surface area contributed by atoms with Gasteiger partial charge in [0.05, 0.1) is 31.2 Å². The lowest BCUT2D eigenvalue weighted by molar-refractivity contribution is 0.523. The van der Waals surface area contributed by atoms with Gasteiger partial charge in [0.1, 0.15) is 0 Å². The summed E-state index contributed by atoms with van der Waals surface area (Å²) in [6, 6.07) is 13.6. The Bertz CT molecular complexity index is 1760. The van der Waals surface area contributed by atoms with Gasteiger partial charge in [0.15, 0.2) is 4.87 Å². The summed E-state index contributed by atoms with van der Waals surface area (Å²) >= 11 is 1.92. The van der Waals surface area contributed by atoms with Gasteiger partial charge in [-0.2, -0.15) is 0 Å². The first kappa shape index (κ1) is 24.0. The Morgan fingerprint density at radius 2 is 1.69 bits per heavy atom. The molecular weight excluding hydrogens is 603 g/mol. The van der Waals surface area contributed by atoms with Gasteiger partial charge in [0.2, 0.25) is 0 Å². The summed E-state index contributed by atoms with van der Waals surface area (Å²) in [7, 11) is -7.27. The SMILES string of the molecule is Cc1ccc(S(=O)(=O)N2c3ccc(=O)n(C)c3C(I)C2(C)S(=O)(=O)n2ccc3ncccc32)cc1. The Kier molecular flexibility index (Phi) is 5.42. The molecule has 0 bridgehead atoms. The lowest BCUT2D eigenvalue weighted by atomic mass is 10.2. The van der Waals surface area contributed by atoms with Crippen molar-refractivity contribution in [1.29, 1.82) is 0 Å². The van der Waals surface area contributed by atoms with Gasteiger partial charge in [-0.25, -0.2) is 25.1 Å². The highest BCUT2D eigenvalue weighted by Crippen LogP contribution is 2.55. The summed E-state index contributed by atoms with van der Waals surface area (Å²) in [5, 5.41) is 0. The van der Waals surface area contributed by atoms with Gasteiger partial charge in [0.25, 0.3) is 25.6 Å². The number of hydrogen-bond donors (Lipinski definition) is 0. The maximum atomic E-state index is 14.4. The van der Waals surface area contributed by atoms with Gasteiger partial charge in [-0.1, -0.05) is 40.3 Å². The number of pyridine rings is 2. The molecule has 1 aliphatic rings. The van der Waals surface area contributed by atoms with E-state index in [-0.39, 0.29) is 16.1 Å². The van der Waals surface area contributed by atoms with Crippen molar-refractivity contribution < 1.29 is 16.8 Å². The minimum atomic E-state index is -4.42. The van der Waals surface area contributed by atoms with Crippen molar-refractivity contribution in [3.8, 4) is 0 Å². The predicted molar refractivity (Wildman–Crippen MR) is 142 cm³/mol. The Balaban J connectivity index is 1.85. The number of fused-ring (bicyclic) bond motifs is 2. The van der Waals surface area contributed by atoms with Crippen LogP contribution in [-0.2, 0) is 27.1 Å². The van der Waals surface area contributed by atoms with E-state index in [1.807, 2.05) is 29.5 Å². The van der Waals surface area contributed by atoms with Gasteiger partial charge >= 0.3 is 0 Å². The van der Waals surface area contributed by atoms with Crippen molar-refractivity contribution in [2.75, 3.05) is 4.31 Å². The van der Waals surface area contributed by atoms with Crippen LogP contribution in [0.5, 0.6) is 0 Å². The van der Waals surface area contributed by atoms with Crippen LogP contribution in [0.2, 0.25) is 0 Å². The summed E-state index contributed by atoms with van der Waals surface area (Å²) in [6.07, 6.45) is 2.93. The molecule has 4 heterocycles. The van der Waals surface area contributed by atoms with Crippen molar-refractivity contribution in [2.45, 2.75) is 27.5 Å². The fourth-order valence-electron chi connectivity index (χ4n) is 4.48. The Morgan fingerprint density at radius 3 is 2.37 bits per heavy atom. The van der Waals surface area contributed by atoms with E-state index in [1.165, 1.54) is 49.0 Å². The van der Waals surface area contributed by atoms with Crippen LogP contribution in [-0.4, -0.2) is 35.2 Å². The summed E-state index contributed by atoms with van der Waals surface area (Å²) < 4.78 is 59.4. The van der Waals surface area contributed by atoms with E-state index >= 15 is 0 Å². The second kappa shape index (κ2) is 7.90. The van der Waals surface area contributed by atoms with Crippen molar-refractivity contribution in [3.05, 3.63) is 88.6 Å². The van der Waals surface area contributed by atoms with Crippen LogP contribution in [0.3, 0.4) is 0 Å². The number of benzene rings is 1. The Labute approximate surface area is 216 Å². The van der Waals surface area contributed by atoms with Crippen molar-refractivity contribution >= 4 is 59.4 Å². The number of aryl methyl sites for hydroxylation is 1. The van der Waals surface area contributed by atoms with E-state index in [2.05, 4.69) is 4.98 Å². The number of nitrogens with zero attached hydrogens (tertiary/aromatic N) is 4. The van der Waals surface area contributed by atoms with Crippen LogP contribution in [0.25, 0.3) is 11.0 Å². The molecule has 0 spiro atoms. The fraction of sp³-hybridized carbons (Fsp3) is 0.217. The molecule has 0 saturated carbocycles. The zero-order valence-electron chi connectivity index (χ0n) is 19.0. The average Bonchev–Trinajstić information content (AvgIpc) is 3.35. The van der Waals surface area contributed by atoms with Crippen LogP contribution in [0, 0.1) is 6.92 Å². The standard InChI is InChI=1S/C23H21IN4O5S2/c1-15-6-8-16(9-7-15)34(30,31)28-19-10-11-20(29)26(3)21(19)22(24)23(28,2)35(32,33)27-14-12-17-18(27)5-4-13-25-17/h4-14,22H,1-3H3. The minimum Gasteiger partial charge on any atom is -0.312 e. The molecule has 0 aliphatic carbocycles. The number of hydrogen-bond acceptors (Lipinski definition) is 6. The zero-order chi connectivity index (χ0) is 25.3. The highest BCUT2D eigenvalue weighted by Gasteiger charge is 2.62. The van der Waals surface area contributed by atoms with E-state index in [9.17, 15) is 21.6 Å². The molecule has 0 amide bonds. The van der Waals surface area contributed by atoms with Crippen molar-refractivity contribution in [3.63, 3.8) is 0 Å². The molecule has 1 aliphatic heterocycles. The number of rotatable bonds is 4. The monoisotopic (exact) mass is 624 g/mol. The number of sulfonamides is 1. The van der Waals surface area contributed by atoms with Crippen LogP contribution in [0.15, 0.2) is 76.7 Å². The molecule has 3 aromatic heterocycles. The molecule has 35 heavy (non-hydrogen) atoms. The van der Waals surface area contributed by atoms with Crippen molar-refractivity contribution in [2.24, 2.45) is 7.05 Å². The molecule has 0 N–H and O–H groups in total. The molecule has 2 unspecified atom stereocenters. The molecule has 2 atom stereocenters. The van der Waals surface area contributed by atoms with E-state index in [0.717, 1.165) is 13.8 Å². The zero-order valence-corrected chi connectivity index (χ0v) is 22.7. The normalized spacial score (nSPS) is 20.3. The second-order valence-electron chi connectivity index (χ2n) is 8.53. The third-order valence-electron chi connectivity index (χ3n) is 6.43. The lowest BCUT2D eigenvalue weighted by Crippen LogP contribution is -2.55. The predicted octanol–water partition coefficient (Wildman–Crippen LogP) is 3.32. The fourth-order valence-corrected chi connectivity index (χ4v) is 10.6. The summed E-state index contributed by atoms with van der Waals surface area (Å²) in [5.41, 5.74) is 1.74. The quantitative estimate of drug-likeness (QED) is 0.255. The summed E-state index contributed by atoms with van der Waals surface area (Å²) in [4.78, 5) is 14.6. The van der Waals surface area contributed by atoms with E-state index in [1.54, 1.807) is 36.5 Å². The number of halogens is 1. The smallest absolute Gasteiger partial charge is 0.265 e. The average molecular weight is 624 g/mol. The molecule has 5 rings (SSSR count). The van der Waals surface area contributed by atoms with Crippen LogP contribution in [0.1, 0.15) is 22.1 Å². The number of alkyl halides is 1. The number of aromatic nitrogens is 3. The topological polar surface area (TPSA) is 111 Å². The summed E-state index contributed by atoms with van der Waals surface area (Å²) in [6.45, 7) is 3.22. The van der Waals surface area contributed by atoms with Gasteiger partial charge in [-0.3, -0.25) is 9.78 Å². The third kappa shape index (κ3) is 3.22. The van der Waals surface area contributed by atoms with Crippen molar-refractivity contribution in [1.82, 2.24) is 13.5 Å². The van der Waals surface area contributed by atoms with Gasteiger partial charge in [-0.15, -0.1) is 0 Å². The molecular formula is C23H21IN4O5S2. The largest absolute Gasteiger partial charge is 0.312 e. The van der Waals surface area contributed by atoms with E-state index in [0.29, 0.717) is 16.7 Å². The molecule has 9 nitrogen and oxygen atoms in total. The highest BCUT2D eigenvalue weighted by atomic mass is 127. The molecule has 182 valence electrons. The molecule has 12 heteroatoms. The molecule has 0 fully saturated rings. The molecule has 4 aromatic rings. The highest BCUT2D eigenvalue weighted by molar-refractivity contribution is 14.1. The first-order valence-corrected chi connectivity index (χ1v) is 14.7. The third-order valence-corrected chi connectivity index (χ3v) is 13.0. The molecule has 0 saturated heterocycles. The van der Waals surface area contributed by atoms with Crippen LogP contribution >= 0.6 is 22.6 Å². The maximum absolute atomic E-state index is 14.4. The minimum absolute atomic E-state index is 0.0474. The Morgan fingerprint density at radius 1 is 1.00 bits per heavy atom. The second-order valence-corrected chi connectivity index (χ2v) is 13.7.